The summed E-state index contributed by atoms with van der Waals surface area (Å²) in [6, 6.07) is 19.6. The lowest BCUT2D eigenvalue weighted by Gasteiger charge is -2.31. The van der Waals surface area contributed by atoms with E-state index in [9.17, 15) is 0 Å². The molecule has 2 N–H and O–H groups in total. The number of aromatic nitrogens is 4. The molecule has 2 atom stereocenters. The largest absolute Gasteiger partial charge is 0.341 e. The quantitative estimate of drug-likeness (QED) is 0.188. The van der Waals surface area contributed by atoms with Gasteiger partial charge in [0, 0.05) is 0 Å². The fraction of sp³-hybridized carbons (Fsp3) is 0.467. The summed E-state index contributed by atoms with van der Waals surface area (Å²) >= 11 is 0. The first kappa shape index (κ1) is 32.9. The molecule has 3 aromatic carbocycles. The molecular weight excluding hydrogens is 625 g/mol. The van der Waals surface area contributed by atoms with E-state index in [2.05, 4.69) is 110 Å². The normalized spacial score (nSPS) is 22.8. The number of benzene rings is 3. The van der Waals surface area contributed by atoms with Gasteiger partial charge in [-0.25, -0.2) is 9.97 Å². The summed E-state index contributed by atoms with van der Waals surface area (Å²) < 4.78 is 0. The minimum atomic E-state index is 0.115. The van der Waals surface area contributed by atoms with Gasteiger partial charge in [-0.05, 0) is 145 Å². The second kappa shape index (κ2) is 12.3. The average molecular weight is 679 g/mol. The third kappa shape index (κ3) is 5.52. The van der Waals surface area contributed by atoms with E-state index >= 15 is 0 Å². The first-order chi connectivity index (χ1) is 24.6. The lowest BCUT2D eigenvalue weighted by Crippen LogP contribution is -2.30. The van der Waals surface area contributed by atoms with Crippen molar-refractivity contribution < 1.29 is 0 Å². The van der Waals surface area contributed by atoms with Crippen LogP contribution in [0.2, 0.25) is 0 Å². The van der Waals surface area contributed by atoms with Gasteiger partial charge in [-0.1, -0.05) is 82.6 Å². The van der Waals surface area contributed by atoms with Gasteiger partial charge in [-0.3, -0.25) is 9.80 Å². The Labute approximate surface area is 304 Å². The number of aromatic amines is 2. The molecule has 264 valence electrons. The van der Waals surface area contributed by atoms with Gasteiger partial charge in [0.25, 0.3) is 0 Å². The SMILES string of the molecule is CN1CCCC[C@H]1c1ncc(-c2ccc(-c3c4c(c(-c5ccc(-c6cnc([C@@H]7CCCN7C)[nH]6)cc5)c5c3C(C)(C)CC5)C(C)(C)CC4)cc2)[nH]1. The summed E-state index contributed by atoms with van der Waals surface area (Å²) in [5.41, 5.74) is 16.9. The van der Waals surface area contributed by atoms with E-state index in [1.807, 2.05) is 12.4 Å². The van der Waals surface area contributed by atoms with Crippen LogP contribution in [-0.2, 0) is 23.7 Å². The predicted molar refractivity (Wildman–Crippen MR) is 209 cm³/mol. The van der Waals surface area contributed by atoms with Gasteiger partial charge in [0.15, 0.2) is 0 Å². The van der Waals surface area contributed by atoms with Gasteiger partial charge in [-0.2, -0.15) is 0 Å². The third-order valence-corrected chi connectivity index (χ3v) is 13.1. The molecule has 2 fully saturated rings. The highest BCUT2D eigenvalue weighted by molar-refractivity contribution is 5.88. The number of H-pyrrole nitrogens is 2. The highest BCUT2D eigenvalue weighted by atomic mass is 15.2. The summed E-state index contributed by atoms with van der Waals surface area (Å²) in [7, 11) is 4.44. The number of hydrogen-bond acceptors (Lipinski definition) is 4. The first-order valence-corrected chi connectivity index (χ1v) is 19.5. The van der Waals surface area contributed by atoms with E-state index in [-0.39, 0.29) is 10.8 Å². The molecule has 0 spiro atoms. The molecule has 2 aliphatic heterocycles. The molecule has 0 bridgehead atoms. The zero-order valence-corrected chi connectivity index (χ0v) is 31.5. The molecule has 6 heteroatoms. The molecule has 2 saturated heterocycles. The first-order valence-electron chi connectivity index (χ1n) is 19.5. The van der Waals surface area contributed by atoms with Crippen LogP contribution in [0.3, 0.4) is 0 Å². The zero-order chi connectivity index (χ0) is 35.1. The second-order valence-corrected chi connectivity index (χ2v) is 17.4. The minimum absolute atomic E-state index is 0.115. The molecule has 0 unspecified atom stereocenters. The van der Waals surface area contributed by atoms with E-state index < -0.39 is 0 Å². The van der Waals surface area contributed by atoms with E-state index in [0.717, 1.165) is 49.0 Å². The van der Waals surface area contributed by atoms with Crippen LogP contribution < -0.4 is 0 Å². The number of rotatable bonds is 6. The van der Waals surface area contributed by atoms with E-state index in [1.54, 1.807) is 22.3 Å². The van der Waals surface area contributed by atoms with Crippen molar-refractivity contribution in [2.45, 2.75) is 108 Å². The number of imidazole rings is 2. The number of hydrogen-bond donors (Lipinski definition) is 2. The Morgan fingerprint density at radius 2 is 0.980 bits per heavy atom. The lowest BCUT2D eigenvalue weighted by molar-refractivity contribution is 0.180. The van der Waals surface area contributed by atoms with Crippen molar-refractivity contribution in [1.82, 2.24) is 29.7 Å². The Hall–Kier alpha value is -4.00. The van der Waals surface area contributed by atoms with Gasteiger partial charge in [0.1, 0.15) is 11.6 Å². The standard InChI is InChI=1S/C45H54N6/c1-44(2)23-21-33-39(31-18-14-29(15-19-31)35-27-47-43(49-35)37-11-9-25-51(37)6)41-32(20-22-45(41,3)4)38(40(33)44)30-16-12-28(13-17-30)34-26-46-42(48-34)36-10-7-8-24-50(36)5/h12-19,26-27,36-37H,7-11,20-25H2,1-6H3,(H,46,48)(H,47,49)/t36-,37-/m0/s1. The van der Waals surface area contributed by atoms with Crippen LogP contribution >= 0.6 is 0 Å². The lowest BCUT2D eigenvalue weighted by atomic mass is 9.73. The molecule has 2 aliphatic carbocycles. The molecule has 51 heavy (non-hydrogen) atoms. The van der Waals surface area contributed by atoms with Crippen LogP contribution in [-0.4, -0.2) is 56.9 Å². The molecule has 5 aromatic rings. The van der Waals surface area contributed by atoms with Crippen LogP contribution in [0, 0.1) is 0 Å². The zero-order valence-electron chi connectivity index (χ0n) is 31.5. The Morgan fingerprint density at radius 1 is 0.569 bits per heavy atom. The summed E-state index contributed by atoms with van der Waals surface area (Å²) in [5, 5.41) is 0. The minimum Gasteiger partial charge on any atom is -0.341 e. The average Bonchev–Trinajstić information content (AvgIpc) is 3.97. The predicted octanol–water partition coefficient (Wildman–Crippen LogP) is 10.2. The Bertz CT molecular complexity index is 2080. The van der Waals surface area contributed by atoms with Gasteiger partial charge < -0.3 is 9.97 Å². The summed E-state index contributed by atoms with van der Waals surface area (Å²) in [4.78, 5) is 21.9. The maximum Gasteiger partial charge on any atom is 0.123 e. The Morgan fingerprint density at radius 3 is 1.41 bits per heavy atom. The topological polar surface area (TPSA) is 63.8 Å². The highest BCUT2D eigenvalue weighted by Gasteiger charge is 2.43. The molecule has 4 heterocycles. The van der Waals surface area contributed by atoms with Crippen LogP contribution in [0.25, 0.3) is 44.8 Å². The number of piperidine rings is 1. The molecule has 0 radical (unpaired) electrons. The van der Waals surface area contributed by atoms with E-state index in [4.69, 9.17) is 9.97 Å². The Balaban J connectivity index is 1.10. The van der Waals surface area contributed by atoms with Gasteiger partial charge >= 0.3 is 0 Å². The molecule has 6 nitrogen and oxygen atoms in total. The van der Waals surface area contributed by atoms with Crippen molar-refractivity contribution >= 4 is 0 Å². The van der Waals surface area contributed by atoms with Crippen molar-refractivity contribution in [1.29, 1.82) is 0 Å². The fourth-order valence-electron chi connectivity index (χ4n) is 10.2. The van der Waals surface area contributed by atoms with E-state index in [1.165, 1.54) is 78.3 Å². The molecule has 0 saturated carbocycles. The van der Waals surface area contributed by atoms with Crippen LogP contribution in [0.5, 0.6) is 0 Å². The maximum atomic E-state index is 4.85. The molecule has 2 aromatic heterocycles. The molecule has 9 rings (SSSR count). The molecule has 4 aliphatic rings. The number of likely N-dealkylation sites (tertiary alicyclic amines) is 2. The van der Waals surface area contributed by atoms with Gasteiger partial charge in [0.05, 0.1) is 35.9 Å². The summed E-state index contributed by atoms with van der Waals surface area (Å²) in [6.45, 7) is 12.2. The van der Waals surface area contributed by atoms with Gasteiger partial charge in [-0.15, -0.1) is 0 Å². The van der Waals surface area contributed by atoms with E-state index in [0.29, 0.717) is 12.1 Å². The van der Waals surface area contributed by atoms with Crippen molar-refractivity contribution in [3.8, 4) is 44.8 Å². The van der Waals surface area contributed by atoms with Crippen LogP contribution in [0.4, 0.5) is 0 Å². The monoisotopic (exact) mass is 678 g/mol. The molecular formula is C45H54N6. The van der Waals surface area contributed by atoms with Crippen LogP contribution in [0.15, 0.2) is 60.9 Å². The van der Waals surface area contributed by atoms with Crippen molar-refractivity contribution in [3.63, 3.8) is 0 Å². The molecule has 0 amide bonds. The smallest absolute Gasteiger partial charge is 0.123 e. The third-order valence-electron chi connectivity index (χ3n) is 13.1. The van der Waals surface area contributed by atoms with Crippen LogP contribution in [0.1, 0.15) is 119 Å². The number of nitrogens with zero attached hydrogens (tertiary/aromatic N) is 4. The number of nitrogens with one attached hydrogen (secondary N) is 2. The maximum absolute atomic E-state index is 4.85. The number of fused-ring (bicyclic) bond motifs is 2. The van der Waals surface area contributed by atoms with Crippen molar-refractivity contribution in [2.24, 2.45) is 0 Å². The summed E-state index contributed by atoms with van der Waals surface area (Å²) in [6.07, 6.45) is 14.8. The van der Waals surface area contributed by atoms with Crippen molar-refractivity contribution in [2.75, 3.05) is 27.2 Å². The summed E-state index contributed by atoms with van der Waals surface area (Å²) in [5.74, 6) is 2.20. The second-order valence-electron chi connectivity index (χ2n) is 17.4. The van der Waals surface area contributed by atoms with Gasteiger partial charge in [0.2, 0.25) is 0 Å². The fourth-order valence-corrected chi connectivity index (χ4v) is 10.2. The van der Waals surface area contributed by atoms with Crippen molar-refractivity contribution in [3.05, 3.63) is 94.8 Å². The Kier molecular flexibility index (Phi) is 7.93. The highest BCUT2D eigenvalue weighted by Crippen LogP contribution is 2.56.